The van der Waals surface area contributed by atoms with Gasteiger partial charge in [0.2, 0.25) is 0 Å². The summed E-state index contributed by atoms with van der Waals surface area (Å²) >= 11 is 0. The second kappa shape index (κ2) is 7.35. The van der Waals surface area contributed by atoms with E-state index in [9.17, 15) is 9.59 Å². The summed E-state index contributed by atoms with van der Waals surface area (Å²) in [5.74, 6) is -0.264. The number of Topliss-reactive ketones (excluding diaryl/α,β-unsaturated/α-hetero) is 1. The molecule has 0 fully saturated rings. The van der Waals surface area contributed by atoms with Gasteiger partial charge < -0.3 is 9.47 Å². The minimum Gasteiger partial charge on any atom is -0.491 e. The minimum absolute atomic E-state index is 0.0572. The Kier molecular flexibility index (Phi) is 4.97. The van der Waals surface area contributed by atoms with Crippen LogP contribution in [0, 0.1) is 6.92 Å². The van der Waals surface area contributed by atoms with Crippen molar-refractivity contribution < 1.29 is 19.1 Å². The average molecular weight is 353 g/mol. The molecule has 2 heterocycles. The molecular formula is C19H19N3O4. The zero-order valence-corrected chi connectivity index (χ0v) is 14.8. The van der Waals surface area contributed by atoms with Crippen LogP contribution in [-0.2, 0) is 4.74 Å². The van der Waals surface area contributed by atoms with Crippen molar-refractivity contribution in [3.63, 3.8) is 0 Å². The topological polar surface area (TPSA) is 82.8 Å². The summed E-state index contributed by atoms with van der Waals surface area (Å²) < 4.78 is 12.2. The van der Waals surface area contributed by atoms with Gasteiger partial charge >= 0.3 is 5.97 Å². The Morgan fingerprint density at radius 3 is 2.58 bits per heavy atom. The Morgan fingerprint density at radius 1 is 1.15 bits per heavy atom. The van der Waals surface area contributed by atoms with Crippen molar-refractivity contribution in [2.75, 3.05) is 6.61 Å². The second-order valence-corrected chi connectivity index (χ2v) is 6.10. The third-order valence-electron chi connectivity index (χ3n) is 3.64. The van der Waals surface area contributed by atoms with E-state index in [1.165, 1.54) is 6.07 Å². The van der Waals surface area contributed by atoms with E-state index in [4.69, 9.17) is 9.47 Å². The summed E-state index contributed by atoms with van der Waals surface area (Å²) in [5, 5.41) is 4.10. The number of esters is 1. The molecule has 0 unspecified atom stereocenters. The first-order chi connectivity index (χ1) is 12.4. The summed E-state index contributed by atoms with van der Waals surface area (Å²) in [4.78, 5) is 28.6. The van der Waals surface area contributed by atoms with Gasteiger partial charge in [0, 0.05) is 17.3 Å². The van der Waals surface area contributed by atoms with E-state index in [-0.39, 0.29) is 24.2 Å². The molecule has 0 aliphatic heterocycles. The van der Waals surface area contributed by atoms with Crippen LogP contribution < -0.4 is 4.74 Å². The molecule has 0 saturated heterocycles. The number of carbonyl (C=O) groups excluding carboxylic acids is 2. The monoisotopic (exact) mass is 353 g/mol. The average Bonchev–Trinajstić information content (AvgIpc) is 3.00. The fraction of sp³-hybridized carbons (Fsp3) is 0.263. The van der Waals surface area contributed by atoms with Crippen LogP contribution in [0.4, 0.5) is 0 Å². The van der Waals surface area contributed by atoms with Crippen LogP contribution in [0.5, 0.6) is 5.75 Å². The van der Waals surface area contributed by atoms with Crippen molar-refractivity contribution in [2.45, 2.75) is 26.9 Å². The van der Waals surface area contributed by atoms with Gasteiger partial charge in [0.1, 0.15) is 5.75 Å². The van der Waals surface area contributed by atoms with Crippen LogP contribution in [0.3, 0.4) is 0 Å². The summed E-state index contributed by atoms with van der Waals surface area (Å²) in [6, 6.07) is 8.23. The van der Waals surface area contributed by atoms with Gasteiger partial charge in [-0.25, -0.2) is 14.3 Å². The van der Waals surface area contributed by atoms with Gasteiger partial charge in [0.25, 0.3) is 0 Å². The molecule has 0 bridgehead atoms. The number of aryl methyl sites for hydroxylation is 1. The highest BCUT2D eigenvalue weighted by Gasteiger charge is 2.14. The number of benzene rings is 1. The lowest BCUT2D eigenvalue weighted by Gasteiger charge is -2.10. The number of ether oxygens (including phenoxy) is 2. The second-order valence-electron chi connectivity index (χ2n) is 6.10. The largest absolute Gasteiger partial charge is 0.491 e. The lowest BCUT2D eigenvalue weighted by Crippen LogP contribution is -2.15. The van der Waals surface area contributed by atoms with E-state index in [1.54, 1.807) is 41.2 Å². The third kappa shape index (κ3) is 3.88. The number of hydrogen-bond acceptors (Lipinski definition) is 6. The molecule has 0 amide bonds. The predicted octanol–water partition coefficient (Wildman–Crippen LogP) is 2.86. The van der Waals surface area contributed by atoms with Crippen LogP contribution in [0.25, 0.3) is 5.65 Å². The van der Waals surface area contributed by atoms with E-state index in [2.05, 4.69) is 10.1 Å². The molecule has 3 rings (SSSR count). The molecule has 7 heteroatoms. The fourth-order valence-corrected chi connectivity index (χ4v) is 2.38. The Morgan fingerprint density at radius 2 is 1.88 bits per heavy atom. The first-order valence-electron chi connectivity index (χ1n) is 8.22. The zero-order valence-electron chi connectivity index (χ0n) is 14.8. The Hall–Kier alpha value is -3.22. The molecule has 1 aromatic carbocycles. The number of aromatic nitrogens is 3. The molecule has 3 aromatic rings. The SMILES string of the molecule is Cc1cnn2ccc(C(=O)OCC(=O)c3ccc(OC(C)C)cc3)nc12. The molecule has 0 N–H and O–H groups in total. The van der Waals surface area contributed by atoms with Crippen molar-refractivity contribution in [2.24, 2.45) is 0 Å². The van der Waals surface area contributed by atoms with E-state index in [0.29, 0.717) is 17.0 Å². The summed E-state index contributed by atoms with van der Waals surface area (Å²) in [6.07, 6.45) is 3.34. The fourth-order valence-electron chi connectivity index (χ4n) is 2.38. The van der Waals surface area contributed by atoms with Gasteiger partial charge in [-0.15, -0.1) is 0 Å². The van der Waals surface area contributed by atoms with Crippen molar-refractivity contribution in [1.82, 2.24) is 14.6 Å². The molecule has 7 nitrogen and oxygen atoms in total. The number of nitrogens with zero attached hydrogens (tertiary/aromatic N) is 3. The number of rotatable bonds is 6. The van der Waals surface area contributed by atoms with E-state index >= 15 is 0 Å². The van der Waals surface area contributed by atoms with Crippen molar-refractivity contribution >= 4 is 17.4 Å². The molecular weight excluding hydrogens is 334 g/mol. The Balaban J connectivity index is 1.62. The van der Waals surface area contributed by atoms with Crippen LogP contribution in [0.15, 0.2) is 42.7 Å². The van der Waals surface area contributed by atoms with Crippen LogP contribution in [0.1, 0.15) is 40.3 Å². The highest BCUT2D eigenvalue weighted by Crippen LogP contribution is 2.14. The quantitative estimate of drug-likeness (QED) is 0.500. The lowest BCUT2D eigenvalue weighted by molar-refractivity contribution is 0.0469. The molecule has 134 valence electrons. The van der Waals surface area contributed by atoms with Gasteiger partial charge in [0.05, 0.1) is 12.3 Å². The highest BCUT2D eigenvalue weighted by molar-refractivity contribution is 5.99. The van der Waals surface area contributed by atoms with Crippen LogP contribution >= 0.6 is 0 Å². The maximum atomic E-state index is 12.2. The molecule has 0 saturated carbocycles. The first-order valence-corrected chi connectivity index (χ1v) is 8.22. The van der Waals surface area contributed by atoms with Crippen LogP contribution in [0.2, 0.25) is 0 Å². The molecule has 0 aliphatic rings. The van der Waals surface area contributed by atoms with Crippen molar-refractivity contribution in [1.29, 1.82) is 0 Å². The van der Waals surface area contributed by atoms with Gasteiger partial charge in [0.15, 0.2) is 23.7 Å². The third-order valence-corrected chi connectivity index (χ3v) is 3.64. The van der Waals surface area contributed by atoms with Gasteiger partial charge in [-0.1, -0.05) is 0 Å². The summed E-state index contributed by atoms with van der Waals surface area (Å²) in [5.41, 5.74) is 2.00. The Labute approximate surface area is 150 Å². The number of fused-ring (bicyclic) bond motifs is 1. The molecule has 26 heavy (non-hydrogen) atoms. The molecule has 2 aromatic heterocycles. The minimum atomic E-state index is -0.652. The summed E-state index contributed by atoms with van der Waals surface area (Å²) in [7, 11) is 0. The highest BCUT2D eigenvalue weighted by atomic mass is 16.5. The number of ketones is 1. The summed E-state index contributed by atoms with van der Waals surface area (Å²) in [6.45, 7) is 5.35. The maximum Gasteiger partial charge on any atom is 0.357 e. The smallest absolute Gasteiger partial charge is 0.357 e. The zero-order chi connectivity index (χ0) is 18.7. The van der Waals surface area contributed by atoms with E-state index in [0.717, 1.165) is 5.56 Å². The number of carbonyl (C=O) groups is 2. The predicted molar refractivity (Wildman–Crippen MR) is 94.5 cm³/mol. The Bertz CT molecular complexity index is 945. The van der Waals surface area contributed by atoms with Gasteiger partial charge in [-0.3, -0.25) is 4.79 Å². The normalized spacial score (nSPS) is 10.9. The van der Waals surface area contributed by atoms with E-state index < -0.39 is 5.97 Å². The lowest BCUT2D eigenvalue weighted by atomic mass is 10.1. The molecule has 0 radical (unpaired) electrons. The van der Waals surface area contributed by atoms with Gasteiger partial charge in [-0.2, -0.15) is 5.10 Å². The van der Waals surface area contributed by atoms with E-state index in [1.807, 2.05) is 20.8 Å². The first kappa shape index (κ1) is 17.6. The van der Waals surface area contributed by atoms with Gasteiger partial charge in [-0.05, 0) is 51.1 Å². The maximum absolute atomic E-state index is 12.2. The van der Waals surface area contributed by atoms with Crippen molar-refractivity contribution in [3.05, 3.63) is 59.5 Å². The molecule has 0 spiro atoms. The van der Waals surface area contributed by atoms with Crippen LogP contribution in [-0.4, -0.2) is 39.1 Å². The molecule has 0 aliphatic carbocycles. The van der Waals surface area contributed by atoms with Crippen molar-refractivity contribution in [3.8, 4) is 5.75 Å². The number of hydrogen-bond donors (Lipinski definition) is 0. The molecule has 0 atom stereocenters. The standard InChI is InChI=1S/C19H19N3O4/c1-12(2)26-15-6-4-14(5-7-15)17(23)11-25-19(24)16-8-9-22-18(21-16)13(3)10-20-22/h4-10,12H,11H2,1-3H3.